The van der Waals surface area contributed by atoms with Crippen LogP contribution in [0.15, 0.2) is 43.0 Å². The number of benzene rings is 1. The number of imidazole rings is 1. The molecule has 0 bridgehead atoms. The van der Waals surface area contributed by atoms with Gasteiger partial charge in [-0.05, 0) is 37.0 Å². The van der Waals surface area contributed by atoms with Crippen LogP contribution in [-0.2, 0) is 32.0 Å². The number of aromatic amines is 2. The zero-order valence-corrected chi connectivity index (χ0v) is 23.0. The molecule has 0 saturated carbocycles. The van der Waals surface area contributed by atoms with Gasteiger partial charge in [-0.3, -0.25) is 14.4 Å². The summed E-state index contributed by atoms with van der Waals surface area (Å²) in [6, 6.07) is 2.57. The van der Waals surface area contributed by atoms with E-state index in [0.717, 1.165) is 10.9 Å². The molecule has 1 aromatic carbocycles. The molecule has 216 valence electrons. The zero-order chi connectivity index (χ0) is 29.2. The van der Waals surface area contributed by atoms with Gasteiger partial charge in [-0.1, -0.05) is 18.2 Å². The molecule has 2 aromatic heterocycles. The molecular weight excluding hydrogens is 538 g/mol. The van der Waals surface area contributed by atoms with Crippen molar-refractivity contribution < 1.29 is 29.4 Å². The van der Waals surface area contributed by atoms with Gasteiger partial charge in [-0.2, -0.15) is 11.8 Å². The molecule has 2 heterocycles. The number of thioether (sulfide) groups is 1. The van der Waals surface area contributed by atoms with Crippen LogP contribution in [0, 0.1) is 0 Å². The van der Waals surface area contributed by atoms with Gasteiger partial charge >= 0.3 is 5.97 Å². The molecular formula is C26H35N7O6S. The van der Waals surface area contributed by atoms with E-state index in [1.807, 2.05) is 30.5 Å². The Morgan fingerprint density at radius 1 is 1.02 bits per heavy atom. The second kappa shape index (κ2) is 14.5. The van der Waals surface area contributed by atoms with Gasteiger partial charge < -0.3 is 41.9 Å². The molecule has 0 aliphatic rings. The number of hydrogen-bond donors (Lipinski definition) is 8. The monoisotopic (exact) mass is 573 g/mol. The van der Waals surface area contributed by atoms with E-state index in [1.54, 1.807) is 12.4 Å². The van der Waals surface area contributed by atoms with E-state index >= 15 is 0 Å². The summed E-state index contributed by atoms with van der Waals surface area (Å²) >= 11 is 1.46. The number of nitrogens with two attached hydrogens (primary N) is 1. The molecule has 5 unspecified atom stereocenters. The SMILES string of the molecule is CSCCC(NC(=O)C(N)Cc1cnc[nH]1)C(=O)NC(C(=O)NC(Cc1c[nH]c2ccccc12)C(=O)O)C(C)O. The number of carbonyl (C=O) groups excluding carboxylic acids is 3. The highest BCUT2D eigenvalue weighted by molar-refractivity contribution is 7.98. The van der Waals surface area contributed by atoms with Crippen molar-refractivity contribution in [2.45, 2.75) is 56.5 Å². The minimum atomic E-state index is -1.47. The minimum absolute atomic E-state index is 0.0216. The lowest BCUT2D eigenvalue weighted by Crippen LogP contribution is -2.60. The summed E-state index contributed by atoms with van der Waals surface area (Å²) in [5.74, 6) is -2.91. The molecule has 3 amide bonds. The Morgan fingerprint density at radius 2 is 1.75 bits per heavy atom. The Labute approximate surface area is 235 Å². The van der Waals surface area contributed by atoms with E-state index in [9.17, 15) is 29.4 Å². The predicted molar refractivity (Wildman–Crippen MR) is 150 cm³/mol. The quantitative estimate of drug-likeness (QED) is 0.119. The Balaban J connectivity index is 1.68. The number of amides is 3. The van der Waals surface area contributed by atoms with Gasteiger partial charge in [-0.25, -0.2) is 9.78 Å². The number of carboxylic acids is 1. The molecule has 40 heavy (non-hydrogen) atoms. The number of para-hydroxylation sites is 1. The molecule has 0 fully saturated rings. The van der Waals surface area contributed by atoms with Crippen molar-refractivity contribution in [2.24, 2.45) is 5.73 Å². The van der Waals surface area contributed by atoms with Gasteiger partial charge in [0, 0.05) is 41.8 Å². The average Bonchev–Trinajstić information content (AvgIpc) is 3.58. The average molecular weight is 574 g/mol. The second-order valence-electron chi connectivity index (χ2n) is 9.42. The van der Waals surface area contributed by atoms with Gasteiger partial charge in [0.1, 0.15) is 18.1 Å². The summed E-state index contributed by atoms with van der Waals surface area (Å²) in [5.41, 5.74) is 8.16. The van der Waals surface area contributed by atoms with Crippen LogP contribution < -0.4 is 21.7 Å². The maximum atomic E-state index is 13.2. The van der Waals surface area contributed by atoms with Gasteiger partial charge in [0.15, 0.2) is 0 Å². The first-order chi connectivity index (χ1) is 19.1. The molecule has 14 heteroatoms. The van der Waals surface area contributed by atoms with E-state index in [2.05, 4.69) is 30.9 Å². The molecule has 3 aromatic rings. The third-order valence-corrected chi connectivity index (χ3v) is 7.00. The molecule has 3 rings (SSSR count). The van der Waals surface area contributed by atoms with E-state index < -0.39 is 54.0 Å². The fourth-order valence-corrected chi connectivity index (χ4v) is 4.62. The first kappa shape index (κ1) is 30.7. The molecule has 0 radical (unpaired) electrons. The smallest absolute Gasteiger partial charge is 0.326 e. The van der Waals surface area contributed by atoms with Gasteiger partial charge in [0.2, 0.25) is 17.7 Å². The first-order valence-corrected chi connectivity index (χ1v) is 14.1. The summed E-state index contributed by atoms with van der Waals surface area (Å²) in [4.78, 5) is 60.8. The number of aromatic nitrogens is 3. The van der Waals surface area contributed by atoms with Crippen LogP contribution in [0.4, 0.5) is 0 Å². The van der Waals surface area contributed by atoms with Crippen LogP contribution in [-0.4, -0.2) is 91.1 Å². The molecule has 0 aliphatic heterocycles. The van der Waals surface area contributed by atoms with E-state index in [1.165, 1.54) is 25.0 Å². The van der Waals surface area contributed by atoms with Crippen LogP contribution in [0.3, 0.4) is 0 Å². The molecule has 5 atom stereocenters. The Bertz CT molecular complexity index is 1300. The summed E-state index contributed by atoms with van der Waals surface area (Å²) in [6.45, 7) is 1.30. The van der Waals surface area contributed by atoms with Crippen molar-refractivity contribution in [1.29, 1.82) is 0 Å². The molecule has 0 aliphatic carbocycles. The summed E-state index contributed by atoms with van der Waals surface area (Å²) in [6.07, 6.45) is 5.56. The van der Waals surface area contributed by atoms with Gasteiger partial charge in [0.25, 0.3) is 0 Å². The molecule has 13 nitrogen and oxygen atoms in total. The van der Waals surface area contributed by atoms with Gasteiger partial charge in [0.05, 0.1) is 18.5 Å². The number of aliphatic carboxylic acids is 1. The van der Waals surface area contributed by atoms with Gasteiger partial charge in [-0.15, -0.1) is 0 Å². The largest absolute Gasteiger partial charge is 0.480 e. The lowest BCUT2D eigenvalue weighted by atomic mass is 10.0. The third kappa shape index (κ3) is 8.31. The van der Waals surface area contributed by atoms with Crippen molar-refractivity contribution >= 4 is 46.4 Å². The Kier molecular flexibility index (Phi) is 11.1. The van der Waals surface area contributed by atoms with Crippen molar-refractivity contribution in [2.75, 3.05) is 12.0 Å². The first-order valence-electron chi connectivity index (χ1n) is 12.7. The third-order valence-electron chi connectivity index (χ3n) is 6.35. The highest BCUT2D eigenvalue weighted by Gasteiger charge is 2.33. The maximum Gasteiger partial charge on any atom is 0.326 e. The normalized spacial score (nSPS) is 15.0. The fraction of sp³-hybridized carbons (Fsp3) is 0.423. The number of nitrogens with one attached hydrogen (secondary N) is 5. The van der Waals surface area contributed by atoms with Crippen molar-refractivity contribution in [3.8, 4) is 0 Å². The number of H-pyrrole nitrogens is 2. The van der Waals surface area contributed by atoms with Crippen LogP contribution >= 0.6 is 11.8 Å². The lowest BCUT2D eigenvalue weighted by molar-refractivity contribution is -0.143. The fourth-order valence-electron chi connectivity index (χ4n) is 4.15. The predicted octanol–water partition coefficient (Wildman–Crippen LogP) is -0.324. The number of carboxylic acid groups (broad SMARTS) is 1. The van der Waals surface area contributed by atoms with Crippen LogP contribution in [0.5, 0.6) is 0 Å². The lowest BCUT2D eigenvalue weighted by Gasteiger charge is -2.26. The molecule has 0 spiro atoms. The number of aliphatic hydroxyl groups excluding tert-OH is 1. The van der Waals surface area contributed by atoms with Crippen molar-refractivity contribution in [3.63, 3.8) is 0 Å². The highest BCUT2D eigenvalue weighted by Crippen LogP contribution is 2.19. The van der Waals surface area contributed by atoms with E-state index in [-0.39, 0.29) is 19.3 Å². The molecule has 9 N–H and O–H groups in total. The maximum absolute atomic E-state index is 13.2. The van der Waals surface area contributed by atoms with Crippen LogP contribution in [0.2, 0.25) is 0 Å². The molecule has 0 saturated heterocycles. The number of rotatable bonds is 15. The van der Waals surface area contributed by atoms with E-state index in [4.69, 9.17) is 5.73 Å². The van der Waals surface area contributed by atoms with E-state index in [0.29, 0.717) is 17.0 Å². The number of carbonyl (C=O) groups is 4. The highest BCUT2D eigenvalue weighted by atomic mass is 32.2. The number of aliphatic hydroxyl groups is 1. The topological polar surface area (TPSA) is 215 Å². The summed E-state index contributed by atoms with van der Waals surface area (Å²) in [5, 5.41) is 28.4. The standard InChI is InChI=1S/C26H35N7O6S/c1-14(34)22(25(37)32-21(26(38)39)9-15-11-29-19-6-4-3-5-17(15)19)33-24(36)20(7-8-40-2)31-23(35)18(27)10-16-12-28-13-30-16/h3-6,11-14,18,20-22,29,34H,7-10,27H2,1-2H3,(H,28,30)(H,31,35)(H,32,37)(H,33,36)(H,38,39). The van der Waals surface area contributed by atoms with Crippen LogP contribution in [0.1, 0.15) is 24.6 Å². The number of fused-ring (bicyclic) bond motifs is 1. The minimum Gasteiger partial charge on any atom is -0.480 e. The van der Waals surface area contributed by atoms with Crippen molar-refractivity contribution in [1.82, 2.24) is 30.9 Å². The zero-order valence-electron chi connectivity index (χ0n) is 22.2. The summed E-state index contributed by atoms with van der Waals surface area (Å²) in [7, 11) is 0. The summed E-state index contributed by atoms with van der Waals surface area (Å²) < 4.78 is 0. The second-order valence-corrected chi connectivity index (χ2v) is 10.4. The number of nitrogens with zero attached hydrogens (tertiary/aromatic N) is 1. The number of hydrogen-bond acceptors (Lipinski definition) is 8. The Morgan fingerprint density at radius 3 is 2.40 bits per heavy atom. The van der Waals surface area contributed by atoms with Crippen LogP contribution in [0.25, 0.3) is 10.9 Å². The van der Waals surface area contributed by atoms with Crippen molar-refractivity contribution in [3.05, 3.63) is 54.2 Å². The Hall–Kier alpha value is -3.88.